The summed E-state index contributed by atoms with van der Waals surface area (Å²) in [6.07, 6.45) is 1.72. The second kappa shape index (κ2) is 6.05. The van der Waals surface area contributed by atoms with Gasteiger partial charge in [0.25, 0.3) is 0 Å². The van der Waals surface area contributed by atoms with E-state index in [0.29, 0.717) is 17.9 Å². The number of nitrogens with one attached hydrogen (secondary N) is 1. The molecule has 0 radical (unpaired) electrons. The van der Waals surface area contributed by atoms with Gasteiger partial charge >= 0.3 is 5.97 Å². The van der Waals surface area contributed by atoms with E-state index < -0.39 is 0 Å². The molecule has 0 fully saturated rings. The fourth-order valence-electron chi connectivity index (χ4n) is 1.42. The van der Waals surface area contributed by atoms with Crippen molar-refractivity contribution >= 4 is 11.7 Å². The number of carbonyl (C=O) groups is 1. The molecule has 0 aliphatic carbocycles. The van der Waals surface area contributed by atoms with Crippen molar-refractivity contribution in [2.45, 2.75) is 26.7 Å². The molecule has 0 saturated heterocycles. The number of hydrogen-bond acceptors (Lipinski definition) is 3. The molecule has 1 aromatic carbocycles. The van der Waals surface area contributed by atoms with Gasteiger partial charge in [0, 0.05) is 5.71 Å². The van der Waals surface area contributed by atoms with Crippen molar-refractivity contribution in [2.75, 3.05) is 6.61 Å². The summed E-state index contributed by atoms with van der Waals surface area (Å²) in [5.41, 5.74) is 2.02. The normalized spacial score (nSPS) is 9.88. The van der Waals surface area contributed by atoms with Gasteiger partial charge in [0.05, 0.1) is 12.2 Å². The maximum absolute atomic E-state index is 11.4. The molecule has 3 nitrogen and oxygen atoms in total. The van der Waals surface area contributed by atoms with E-state index in [9.17, 15) is 4.79 Å². The Balaban J connectivity index is 2.75. The zero-order valence-electron chi connectivity index (χ0n) is 9.75. The Morgan fingerprint density at radius 3 is 2.25 bits per heavy atom. The van der Waals surface area contributed by atoms with Crippen molar-refractivity contribution in [1.82, 2.24) is 0 Å². The monoisotopic (exact) mass is 219 g/mol. The third kappa shape index (κ3) is 3.19. The standard InChI is InChI=1S/C13H17NO2/c1-3-5-12(14)10-6-8-11(9-7-10)13(15)16-4-2/h6-9,14H,3-5H2,1-2H3. The highest BCUT2D eigenvalue weighted by atomic mass is 16.5. The molecule has 1 N–H and O–H groups in total. The molecule has 1 aromatic rings. The van der Waals surface area contributed by atoms with E-state index in [1.807, 2.05) is 6.92 Å². The summed E-state index contributed by atoms with van der Waals surface area (Å²) in [7, 11) is 0. The van der Waals surface area contributed by atoms with Gasteiger partial charge < -0.3 is 10.1 Å². The Kier molecular flexibility index (Phi) is 4.70. The molecule has 0 aliphatic heterocycles. The summed E-state index contributed by atoms with van der Waals surface area (Å²) in [4.78, 5) is 11.4. The first kappa shape index (κ1) is 12.4. The number of ether oxygens (including phenoxy) is 1. The molecule has 3 heteroatoms. The van der Waals surface area contributed by atoms with Crippen molar-refractivity contribution in [3.8, 4) is 0 Å². The van der Waals surface area contributed by atoms with E-state index >= 15 is 0 Å². The van der Waals surface area contributed by atoms with Gasteiger partial charge in [0.1, 0.15) is 0 Å². The van der Waals surface area contributed by atoms with Gasteiger partial charge in [-0.1, -0.05) is 25.5 Å². The van der Waals surface area contributed by atoms with Crippen LogP contribution in [-0.2, 0) is 4.74 Å². The first-order valence-electron chi connectivity index (χ1n) is 5.54. The molecule has 0 heterocycles. The Morgan fingerprint density at radius 1 is 1.19 bits per heavy atom. The van der Waals surface area contributed by atoms with Crippen molar-refractivity contribution < 1.29 is 9.53 Å². The Labute approximate surface area is 95.9 Å². The lowest BCUT2D eigenvalue weighted by atomic mass is 10.0. The molecular weight excluding hydrogens is 202 g/mol. The summed E-state index contributed by atoms with van der Waals surface area (Å²) in [6, 6.07) is 7.00. The van der Waals surface area contributed by atoms with Gasteiger partial charge in [0.15, 0.2) is 0 Å². The van der Waals surface area contributed by atoms with Crippen LogP contribution in [0.1, 0.15) is 42.6 Å². The second-order valence-electron chi connectivity index (χ2n) is 3.53. The van der Waals surface area contributed by atoms with E-state index in [1.54, 1.807) is 31.2 Å². The number of carbonyl (C=O) groups excluding carboxylic acids is 1. The van der Waals surface area contributed by atoms with E-state index in [-0.39, 0.29) is 5.97 Å². The molecule has 0 aromatic heterocycles. The maximum Gasteiger partial charge on any atom is 0.338 e. The summed E-state index contributed by atoms with van der Waals surface area (Å²) < 4.78 is 4.88. The van der Waals surface area contributed by atoms with Gasteiger partial charge in [-0.05, 0) is 31.0 Å². The molecule has 16 heavy (non-hydrogen) atoms. The van der Waals surface area contributed by atoms with Crippen molar-refractivity contribution in [1.29, 1.82) is 5.41 Å². The maximum atomic E-state index is 11.4. The largest absolute Gasteiger partial charge is 0.462 e. The van der Waals surface area contributed by atoms with Crippen LogP contribution in [0.25, 0.3) is 0 Å². The van der Waals surface area contributed by atoms with E-state index in [4.69, 9.17) is 10.1 Å². The van der Waals surface area contributed by atoms with Crippen molar-refractivity contribution in [3.63, 3.8) is 0 Å². The lowest BCUT2D eigenvalue weighted by molar-refractivity contribution is 0.0526. The van der Waals surface area contributed by atoms with Gasteiger partial charge in [0.2, 0.25) is 0 Å². The molecule has 0 atom stereocenters. The van der Waals surface area contributed by atoms with Gasteiger partial charge in [-0.25, -0.2) is 4.79 Å². The smallest absolute Gasteiger partial charge is 0.338 e. The number of esters is 1. The van der Waals surface area contributed by atoms with Crippen molar-refractivity contribution in [2.24, 2.45) is 0 Å². The third-order valence-electron chi connectivity index (χ3n) is 2.24. The van der Waals surface area contributed by atoms with E-state index in [2.05, 4.69) is 0 Å². The Hall–Kier alpha value is -1.64. The molecule has 0 bridgehead atoms. The quantitative estimate of drug-likeness (QED) is 0.611. The minimum absolute atomic E-state index is 0.309. The second-order valence-corrected chi connectivity index (χ2v) is 3.53. The van der Waals surface area contributed by atoms with Gasteiger partial charge in [-0.3, -0.25) is 0 Å². The summed E-state index contributed by atoms with van der Waals surface area (Å²) in [5.74, 6) is -0.309. The predicted octanol–water partition coefficient (Wildman–Crippen LogP) is 3.03. The minimum atomic E-state index is -0.309. The third-order valence-corrected chi connectivity index (χ3v) is 2.24. The van der Waals surface area contributed by atoms with E-state index in [1.165, 1.54) is 0 Å². The van der Waals surface area contributed by atoms with Crippen LogP contribution in [0.5, 0.6) is 0 Å². The highest BCUT2D eigenvalue weighted by molar-refractivity contribution is 5.99. The van der Waals surface area contributed by atoms with Crippen LogP contribution >= 0.6 is 0 Å². The molecule has 0 spiro atoms. The number of hydrogen-bond donors (Lipinski definition) is 1. The minimum Gasteiger partial charge on any atom is -0.462 e. The average molecular weight is 219 g/mol. The summed E-state index contributed by atoms with van der Waals surface area (Å²) >= 11 is 0. The lowest BCUT2D eigenvalue weighted by Crippen LogP contribution is -2.05. The lowest BCUT2D eigenvalue weighted by Gasteiger charge is -2.04. The number of benzene rings is 1. The first-order chi connectivity index (χ1) is 7.69. The van der Waals surface area contributed by atoms with E-state index in [0.717, 1.165) is 18.4 Å². The van der Waals surface area contributed by atoms with Crippen LogP contribution in [0, 0.1) is 5.41 Å². The van der Waals surface area contributed by atoms with Crippen LogP contribution in [0.15, 0.2) is 24.3 Å². The number of rotatable bonds is 5. The molecule has 0 saturated carbocycles. The van der Waals surface area contributed by atoms with Crippen LogP contribution < -0.4 is 0 Å². The van der Waals surface area contributed by atoms with Gasteiger partial charge in [-0.15, -0.1) is 0 Å². The SMILES string of the molecule is CCCC(=N)c1ccc(C(=O)OCC)cc1. The summed E-state index contributed by atoms with van der Waals surface area (Å²) in [5, 5.41) is 7.77. The average Bonchev–Trinajstić information content (AvgIpc) is 2.30. The zero-order valence-corrected chi connectivity index (χ0v) is 9.75. The molecule has 1 rings (SSSR count). The fourth-order valence-corrected chi connectivity index (χ4v) is 1.42. The molecule has 86 valence electrons. The van der Waals surface area contributed by atoms with Crippen molar-refractivity contribution in [3.05, 3.63) is 35.4 Å². The molecule has 0 aliphatic rings. The molecule has 0 amide bonds. The highest BCUT2D eigenvalue weighted by Crippen LogP contribution is 2.09. The first-order valence-corrected chi connectivity index (χ1v) is 5.54. The Morgan fingerprint density at radius 2 is 1.75 bits per heavy atom. The molecular formula is C13H17NO2. The topological polar surface area (TPSA) is 50.2 Å². The zero-order chi connectivity index (χ0) is 12.0. The van der Waals surface area contributed by atoms with Crippen LogP contribution in [-0.4, -0.2) is 18.3 Å². The van der Waals surface area contributed by atoms with Crippen LogP contribution in [0.2, 0.25) is 0 Å². The Bertz CT molecular complexity index is 331. The van der Waals surface area contributed by atoms with Gasteiger partial charge in [-0.2, -0.15) is 0 Å². The summed E-state index contributed by atoms with van der Waals surface area (Å²) in [6.45, 7) is 4.21. The molecule has 0 unspecified atom stereocenters. The van der Waals surface area contributed by atoms with Crippen LogP contribution in [0.4, 0.5) is 0 Å². The fraction of sp³-hybridized carbons (Fsp3) is 0.385. The predicted molar refractivity (Wildman–Crippen MR) is 64.1 cm³/mol. The van der Waals surface area contributed by atoms with Crippen LogP contribution in [0.3, 0.4) is 0 Å². The highest BCUT2D eigenvalue weighted by Gasteiger charge is 2.06.